The van der Waals surface area contributed by atoms with Crippen molar-refractivity contribution < 1.29 is 19.5 Å². The van der Waals surface area contributed by atoms with Gasteiger partial charge in [0.25, 0.3) is 5.91 Å². The van der Waals surface area contributed by atoms with Crippen LogP contribution in [0.3, 0.4) is 0 Å². The first-order valence-corrected chi connectivity index (χ1v) is 8.39. The molecule has 1 atom stereocenters. The highest BCUT2D eigenvalue weighted by molar-refractivity contribution is 5.94. The Hall–Kier alpha value is -2.37. The number of carboxylic acid groups (broad SMARTS) is 1. The number of hydrogen-bond donors (Lipinski definition) is 2. The summed E-state index contributed by atoms with van der Waals surface area (Å²) in [4.78, 5) is 36.6. The van der Waals surface area contributed by atoms with Crippen LogP contribution in [0.1, 0.15) is 48.5 Å². The van der Waals surface area contributed by atoms with Gasteiger partial charge in [0, 0.05) is 31.6 Å². The molecule has 0 spiro atoms. The molecule has 1 aromatic rings. The van der Waals surface area contributed by atoms with Crippen LogP contribution in [0.15, 0.2) is 24.3 Å². The lowest BCUT2D eigenvalue weighted by molar-refractivity contribution is -0.141. The SMILES string of the molecule is CCCC(CNC(=O)c1ccc(CN2CCCC2=O)cc1)C(=O)O. The van der Waals surface area contributed by atoms with Gasteiger partial charge in [-0.15, -0.1) is 0 Å². The Kier molecular flexibility index (Phi) is 6.35. The lowest BCUT2D eigenvalue weighted by atomic mass is 10.0. The second-order valence-corrected chi connectivity index (χ2v) is 6.15. The van der Waals surface area contributed by atoms with Crippen LogP contribution in [-0.2, 0) is 16.1 Å². The normalized spacial score (nSPS) is 15.4. The molecule has 6 nitrogen and oxygen atoms in total. The zero-order valence-electron chi connectivity index (χ0n) is 14.0. The fourth-order valence-corrected chi connectivity index (χ4v) is 2.83. The standard InChI is InChI=1S/C18H24N2O4/c1-2-4-15(18(23)24)11-19-17(22)14-8-6-13(7-9-14)12-20-10-3-5-16(20)21/h6-9,15H,2-5,10-12H2,1H3,(H,19,22)(H,23,24). The van der Waals surface area contributed by atoms with Crippen molar-refractivity contribution in [2.24, 2.45) is 5.92 Å². The van der Waals surface area contributed by atoms with E-state index >= 15 is 0 Å². The van der Waals surface area contributed by atoms with E-state index in [4.69, 9.17) is 5.11 Å². The van der Waals surface area contributed by atoms with Gasteiger partial charge in [0.15, 0.2) is 0 Å². The molecule has 1 aliphatic heterocycles. The van der Waals surface area contributed by atoms with E-state index in [1.54, 1.807) is 12.1 Å². The molecular weight excluding hydrogens is 308 g/mol. The summed E-state index contributed by atoms with van der Waals surface area (Å²) in [6.45, 7) is 3.40. The molecule has 2 rings (SSSR count). The van der Waals surface area contributed by atoms with Crippen LogP contribution in [0.4, 0.5) is 0 Å². The highest BCUT2D eigenvalue weighted by Gasteiger charge is 2.20. The number of nitrogens with one attached hydrogen (secondary N) is 1. The lowest BCUT2D eigenvalue weighted by Crippen LogP contribution is -2.32. The third-order valence-corrected chi connectivity index (χ3v) is 4.26. The van der Waals surface area contributed by atoms with E-state index in [2.05, 4.69) is 5.32 Å². The maximum atomic E-state index is 12.1. The molecule has 1 aromatic carbocycles. The predicted molar refractivity (Wildman–Crippen MR) is 89.5 cm³/mol. The number of carbonyl (C=O) groups is 3. The molecule has 130 valence electrons. The van der Waals surface area contributed by atoms with E-state index in [0.717, 1.165) is 24.9 Å². The fourth-order valence-electron chi connectivity index (χ4n) is 2.83. The van der Waals surface area contributed by atoms with E-state index in [-0.39, 0.29) is 18.4 Å². The Morgan fingerprint density at radius 1 is 1.29 bits per heavy atom. The fraction of sp³-hybridized carbons (Fsp3) is 0.500. The highest BCUT2D eigenvalue weighted by atomic mass is 16.4. The molecule has 2 amide bonds. The Labute approximate surface area is 141 Å². The third-order valence-electron chi connectivity index (χ3n) is 4.26. The molecule has 1 saturated heterocycles. The van der Waals surface area contributed by atoms with Crippen LogP contribution in [-0.4, -0.2) is 40.9 Å². The molecule has 1 unspecified atom stereocenters. The summed E-state index contributed by atoms with van der Waals surface area (Å²) >= 11 is 0. The average molecular weight is 332 g/mol. The van der Waals surface area contributed by atoms with Crippen LogP contribution >= 0.6 is 0 Å². The summed E-state index contributed by atoms with van der Waals surface area (Å²) in [5.74, 6) is -1.55. The summed E-state index contributed by atoms with van der Waals surface area (Å²) in [5, 5.41) is 11.8. The van der Waals surface area contributed by atoms with Gasteiger partial charge >= 0.3 is 5.97 Å². The summed E-state index contributed by atoms with van der Waals surface area (Å²) in [6, 6.07) is 7.09. The smallest absolute Gasteiger partial charge is 0.308 e. The van der Waals surface area contributed by atoms with E-state index in [1.807, 2.05) is 24.0 Å². The zero-order chi connectivity index (χ0) is 17.5. The van der Waals surface area contributed by atoms with Crippen LogP contribution in [0, 0.1) is 5.92 Å². The molecule has 1 fully saturated rings. The molecule has 24 heavy (non-hydrogen) atoms. The van der Waals surface area contributed by atoms with Crippen molar-refractivity contribution in [3.63, 3.8) is 0 Å². The van der Waals surface area contributed by atoms with Gasteiger partial charge in [-0.25, -0.2) is 0 Å². The molecule has 1 heterocycles. The second kappa shape index (κ2) is 8.47. The van der Waals surface area contributed by atoms with Crippen LogP contribution < -0.4 is 5.32 Å². The number of nitrogens with zero attached hydrogens (tertiary/aromatic N) is 1. The molecule has 1 aliphatic rings. The molecule has 0 aromatic heterocycles. The minimum atomic E-state index is -0.886. The zero-order valence-corrected chi connectivity index (χ0v) is 14.0. The average Bonchev–Trinajstić information content (AvgIpc) is 2.96. The Balaban J connectivity index is 1.88. The van der Waals surface area contributed by atoms with Crippen molar-refractivity contribution in [3.05, 3.63) is 35.4 Å². The maximum absolute atomic E-state index is 12.1. The minimum absolute atomic E-state index is 0.131. The van der Waals surface area contributed by atoms with E-state index in [0.29, 0.717) is 24.9 Å². The number of rotatable bonds is 8. The van der Waals surface area contributed by atoms with Crippen LogP contribution in [0.25, 0.3) is 0 Å². The van der Waals surface area contributed by atoms with E-state index in [1.165, 1.54) is 0 Å². The first-order valence-electron chi connectivity index (χ1n) is 8.39. The molecular formula is C18H24N2O4. The van der Waals surface area contributed by atoms with Gasteiger partial charge in [-0.05, 0) is 30.5 Å². The summed E-state index contributed by atoms with van der Waals surface area (Å²) in [6.07, 6.45) is 2.82. The number of carbonyl (C=O) groups excluding carboxylic acids is 2. The van der Waals surface area contributed by atoms with Crippen LogP contribution in [0.2, 0.25) is 0 Å². The van der Waals surface area contributed by atoms with Gasteiger partial charge in [0.1, 0.15) is 0 Å². The quantitative estimate of drug-likeness (QED) is 0.763. The maximum Gasteiger partial charge on any atom is 0.308 e. The van der Waals surface area contributed by atoms with Crippen molar-refractivity contribution >= 4 is 17.8 Å². The number of aliphatic carboxylic acids is 1. The second-order valence-electron chi connectivity index (χ2n) is 6.15. The van der Waals surface area contributed by atoms with Gasteiger partial charge in [0.2, 0.25) is 5.91 Å². The Morgan fingerprint density at radius 3 is 2.54 bits per heavy atom. The van der Waals surface area contributed by atoms with E-state index in [9.17, 15) is 14.4 Å². The van der Waals surface area contributed by atoms with Crippen molar-refractivity contribution in [1.82, 2.24) is 10.2 Å². The summed E-state index contributed by atoms with van der Waals surface area (Å²) in [5.41, 5.74) is 1.48. The van der Waals surface area contributed by atoms with Crippen molar-refractivity contribution in [1.29, 1.82) is 0 Å². The lowest BCUT2D eigenvalue weighted by Gasteiger charge is -2.16. The van der Waals surface area contributed by atoms with Gasteiger partial charge < -0.3 is 15.3 Å². The summed E-state index contributed by atoms with van der Waals surface area (Å²) in [7, 11) is 0. The first kappa shape index (κ1) is 18.0. The highest BCUT2D eigenvalue weighted by Crippen LogP contribution is 2.15. The van der Waals surface area contributed by atoms with Gasteiger partial charge in [-0.3, -0.25) is 14.4 Å². The van der Waals surface area contributed by atoms with Gasteiger partial charge in [-0.2, -0.15) is 0 Å². The Morgan fingerprint density at radius 2 is 2.00 bits per heavy atom. The van der Waals surface area contributed by atoms with Crippen molar-refractivity contribution in [2.45, 2.75) is 39.2 Å². The first-order chi connectivity index (χ1) is 11.5. The molecule has 0 radical (unpaired) electrons. The molecule has 2 N–H and O–H groups in total. The monoisotopic (exact) mass is 332 g/mol. The largest absolute Gasteiger partial charge is 0.481 e. The summed E-state index contributed by atoms with van der Waals surface area (Å²) < 4.78 is 0. The molecule has 6 heteroatoms. The van der Waals surface area contributed by atoms with Crippen LogP contribution in [0.5, 0.6) is 0 Å². The topological polar surface area (TPSA) is 86.7 Å². The molecule has 0 saturated carbocycles. The van der Waals surface area contributed by atoms with Crippen molar-refractivity contribution in [3.8, 4) is 0 Å². The van der Waals surface area contributed by atoms with Gasteiger partial charge in [0.05, 0.1) is 5.92 Å². The van der Waals surface area contributed by atoms with E-state index < -0.39 is 11.9 Å². The van der Waals surface area contributed by atoms with Crippen molar-refractivity contribution in [2.75, 3.05) is 13.1 Å². The van der Waals surface area contributed by atoms with Gasteiger partial charge in [-0.1, -0.05) is 25.5 Å². The minimum Gasteiger partial charge on any atom is -0.481 e. The number of likely N-dealkylation sites (tertiary alicyclic amines) is 1. The number of hydrogen-bond acceptors (Lipinski definition) is 3. The predicted octanol–water partition coefficient (Wildman–Crippen LogP) is 2.04. The number of benzene rings is 1. The number of carboxylic acids is 1. The third kappa shape index (κ3) is 4.81. The molecule has 0 aliphatic carbocycles. The number of amides is 2. The molecule has 0 bridgehead atoms. The Bertz CT molecular complexity index is 598.